The van der Waals surface area contributed by atoms with Gasteiger partial charge in [-0.15, -0.1) is 0 Å². The van der Waals surface area contributed by atoms with E-state index in [0.717, 1.165) is 17.3 Å². The highest BCUT2D eigenvalue weighted by Gasteiger charge is 2.40. The van der Waals surface area contributed by atoms with E-state index < -0.39 is 0 Å². The third-order valence-electron chi connectivity index (χ3n) is 10.2. The Bertz CT molecular complexity index is 2480. The Kier molecular flexibility index (Phi) is 7.14. The number of nitrogens with zero attached hydrogens (tertiary/aromatic N) is 3. The van der Waals surface area contributed by atoms with E-state index >= 15 is 0 Å². The first-order valence-corrected chi connectivity index (χ1v) is 17.2. The van der Waals surface area contributed by atoms with Crippen LogP contribution in [0.2, 0.25) is 0 Å². The fourth-order valence-corrected chi connectivity index (χ4v) is 7.55. The molecule has 0 unspecified atom stereocenters. The standard InChI is InChI=1S/C47H35N3/c1-47(2)42-31-40(36-17-15-35(16-18-36)39-24-21-33-12-6-7-13-38(33)30-39)25-26-43(42)50(44-14-8-9-28-48-44)46-45(47)41(27-29-49-46)37-22-19-34(20-23-37)32-10-4-3-5-11-32/h3-31H,1-2H3. The number of hydrogen-bond acceptors (Lipinski definition) is 3. The second-order valence-electron chi connectivity index (χ2n) is 13.5. The third kappa shape index (κ3) is 5.07. The van der Waals surface area contributed by atoms with Crippen molar-refractivity contribution in [2.45, 2.75) is 19.3 Å². The maximum absolute atomic E-state index is 5.05. The lowest BCUT2D eigenvalue weighted by molar-refractivity contribution is 0.629. The first-order valence-electron chi connectivity index (χ1n) is 17.2. The van der Waals surface area contributed by atoms with Crippen molar-refractivity contribution in [2.24, 2.45) is 0 Å². The molecule has 0 saturated heterocycles. The van der Waals surface area contributed by atoms with E-state index in [-0.39, 0.29) is 5.41 Å². The fourth-order valence-electron chi connectivity index (χ4n) is 7.55. The zero-order valence-corrected chi connectivity index (χ0v) is 28.1. The first kappa shape index (κ1) is 29.8. The molecule has 0 spiro atoms. The fraction of sp³-hybridized carbons (Fsp3) is 0.0638. The molecule has 0 radical (unpaired) electrons. The molecule has 1 aliphatic rings. The molecule has 1 aliphatic heterocycles. The molecule has 50 heavy (non-hydrogen) atoms. The predicted molar refractivity (Wildman–Crippen MR) is 208 cm³/mol. The normalized spacial score (nSPS) is 13.1. The summed E-state index contributed by atoms with van der Waals surface area (Å²) in [6.45, 7) is 4.66. The van der Waals surface area contributed by atoms with E-state index in [2.05, 4.69) is 170 Å². The van der Waals surface area contributed by atoms with Crippen molar-refractivity contribution in [3.05, 3.63) is 187 Å². The van der Waals surface area contributed by atoms with Gasteiger partial charge in [0.15, 0.2) is 0 Å². The highest BCUT2D eigenvalue weighted by Crippen LogP contribution is 2.54. The Hall–Kier alpha value is -6.32. The molecule has 0 saturated carbocycles. The summed E-state index contributed by atoms with van der Waals surface area (Å²) in [5.41, 5.74) is 12.7. The molecule has 0 N–H and O–H groups in total. The molecule has 0 fully saturated rings. The lowest BCUT2D eigenvalue weighted by Crippen LogP contribution is -2.32. The summed E-state index contributed by atoms with van der Waals surface area (Å²) < 4.78 is 0. The number of rotatable bonds is 5. The topological polar surface area (TPSA) is 29.0 Å². The Morgan fingerprint density at radius 1 is 0.440 bits per heavy atom. The molecule has 3 nitrogen and oxygen atoms in total. The Balaban J connectivity index is 1.15. The van der Waals surface area contributed by atoms with Crippen molar-refractivity contribution < 1.29 is 0 Å². The Morgan fingerprint density at radius 2 is 1.02 bits per heavy atom. The molecule has 3 heteroatoms. The van der Waals surface area contributed by atoms with E-state index in [1.54, 1.807) is 0 Å². The van der Waals surface area contributed by atoms with E-state index in [0.29, 0.717) is 0 Å². The molecule has 6 aromatic carbocycles. The minimum atomic E-state index is -0.349. The minimum absolute atomic E-state index is 0.349. The number of pyridine rings is 2. The van der Waals surface area contributed by atoms with Crippen molar-refractivity contribution in [1.82, 2.24) is 9.97 Å². The summed E-state index contributed by atoms with van der Waals surface area (Å²) in [6, 6.07) is 58.7. The molecule has 0 bridgehead atoms. The first-order chi connectivity index (χ1) is 24.5. The summed E-state index contributed by atoms with van der Waals surface area (Å²) in [5.74, 6) is 1.76. The molecule has 0 amide bonds. The van der Waals surface area contributed by atoms with E-state index in [4.69, 9.17) is 9.97 Å². The minimum Gasteiger partial charge on any atom is -0.278 e. The molecular formula is C47H35N3. The van der Waals surface area contributed by atoms with Gasteiger partial charge in [0.05, 0.1) is 5.69 Å². The summed E-state index contributed by atoms with van der Waals surface area (Å²) in [6.07, 6.45) is 3.79. The number of anilines is 3. The number of benzene rings is 6. The molecule has 9 rings (SSSR count). The van der Waals surface area contributed by atoms with Crippen LogP contribution in [0.5, 0.6) is 0 Å². The van der Waals surface area contributed by atoms with Crippen LogP contribution in [0.1, 0.15) is 25.0 Å². The van der Waals surface area contributed by atoms with Gasteiger partial charge in [-0.2, -0.15) is 0 Å². The Labute approximate surface area is 293 Å². The van der Waals surface area contributed by atoms with Gasteiger partial charge in [0.1, 0.15) is 11.6 Å². The second kappa shape index (κ2) is 12.0. The van der Waals surface area contributed by atoms with Crippen LogP contribution in [0.15, 0.2) is 176 Å². The van der Waals surface area contributed by atoms with Gasteiger partial charge in [-0.3, -0.25) is 4.90 Å². The summed E-state index contributed by atoms with van der Waals surface area (Å²) in [7, 11) is 0. The van der Waals surface area contributed by atoms with Crippen molar-refractivity contribution in [3.63, 3.8) is 0 Å². The lowest BCUT2D eigenvalue weighted by atomic mass is 9.71. The molecular weight excluding hydrogens is 607 g/mol. The van der Waals surface area contributed by atoms with Gasteiger partial charge in [-0.1, -0.05) is 141 Å². The molecule has 0 atom stereocenters. The third-order valence-corrected chi connectivity index (χ3v) is 10.2. The highest BCUT2D eigenvalue weighted by molar-refractivity contribution is 5.90. The van der Waals surface area contributed by atoms with Crippen molar-refractivity contribution in [2.75, 3.05) is 4.90 Å². The van der Waals surface area contributed by atoms with Crippen molar-refractivity contribution in [3.8, 4) is 44.5 Å². The van der Waals surface area contributed by atoms with Crippen LogP contribution in [-0.4, -0.2) is 9.97 Å². The number of hydrogen-bond donors (Lipinski definition) is 0. The maximum Gasteiger partial charge on any atom is 0.143 e. The van der Waals surface area contributed by atoms with Gasteiger partial charge in [0.25, 0.3) is 0 Å². The lowest BCUT2D eigenvalue weighted by Gasteiger charge is -2.42. The highest BCUT2D eigenvalue weighted by atomic mass is 15.2. The average molecular weight is 642 g/mol. The van der Waals surface area contributed by atoms with Crippen LogP contribution < -0.4 is 4.90 Å². The van der Waals surface area contributed by atoms with Gasteiger partial charge in [-0.25, -0.2) is 9.97 Å². The Morgan fingerprint density at radius 3 is 1.74 bits per heavy atom. The van der Waals surface area contributed by atoms with Gasteiger partial charge in [-0.05, 0) is 97.2 Å². The quantitative estimate of drug-likeness (QED) is 0.187. The van der Waals surface area contributed by atoms with Crippen molar-refractivity contribution in [1.29, 1.82) is 0 Å². The van der Waals surface area contributed by atoms with Crippen LogP contribution in [0.25, 0.3) is 55.3 Å². The number of aromatic nitrogens is 2. The summed E-state index contributed by atoms with van der Waals surface area (Å²) in [5, 5.41) is 2.51. The molecule has 3 heterocycles. The largest absolute Gasteiger partial charge is 0.278 e. The number of fused-ring (bicyclic) bond motifs is 3. The summed E-state index contributed by atoms with van der Waals surface area (Å²) >= 11 is 0. The van der Waals surface area contributed by atoms with Crippen LogP contribution in [-0.2, 0) is 5.41 Å². The average Bonchev–Trinajstić information content (AvgIpc) is 3.18. The van der Waals surface area contributed by atoms with Crippen LogP contribution in [0.4, 0.5) is 17.3 Å². The second-order valence-corrected chi connectivity index (χ2v) is 13.5. The molecule has 0 aliphatic carbocycles. The van der Waals surface area contributed by atoms with E-state index in [9.17, 15) is 0 Å². The van der Waals surface area contributed by atoms with Crippen LogP contribution in [0.3, 0.4) is 0 Å². The zero-order chi connectivity index (χ0) is 33.7. The summed E-state index contributed by atoms with van der Waals surface area (Å²) in [4.78, 5) is 12.1. The van der Waals surface area contributed by atoms with Gasteiger partial charge in [0.2, 0.25) is 0 Å². The SMILES string of the molecule is CC1(C)c2cc(-c3ccc(-c4ccc5ccccc5c4)cc3)ccc2N(c2ccccn2)c2nccc(-c3ccc(-c4ccccc4)cc3)c21. The van der Waals surface area contributed by atoms with E-state index in [1.165, 1.54) is 66.4 Å². The van der Waals surface area contributed by atoms with Crippen LogP contribution in [0, 0.1) is 0 Å². The van der Waals surface area contributed by atoms with E-state index in [1.807, 2.05) is 24.5 Å². The zero-order valence-electron chi connectivity index (χ0n) is 28.1. The van der Waals surface area contributed by atoms with Gasteiger partial charge in [0, 0.05) is 23.4 Å². The van der Waals surface area contributed by atoms with Crippen LogP contribution >= 0.6 is 0 Å². The monoisotopic (exact) mass is 641 g/mol. The molecule has 2 aromatic heterocycles. The molecule has 238 valence electrons. The van der Waals surface area contributed by atoms with Gasteiger partial charge < -0.3 is 0 Å². The van der Waals surface area contributed by atoms with Gasteiger partial charge >= 0.3 is 0 Å². The maximum atomic E-state index is 5.05. The molecule has 8 aromatic rings. The van der Waals surface area contributed by atoms with Crippen molar-refractivity contribution >= 4 is 28.1 Å². The smallest absolute Gasteiger partial charge is 0.143 e. The predicted octanol–water partition coefficient (Wildman–Crippen LogP) is 12.4.